The van der Waals surface area contributed by atoms with E-state index in [-0.39, 0.29) is 30.8 Å². The number of ketones is 1. The van der Waals surface area contributed by atoms with E-state index in [0.717, 1.165) is 58.6 Å². The lowest BCUT2D eigenvalue weighted by Gasteiger charge is -2.24. The highest BCUT2D eigenvalue weighted by atomic mass is 16.5. The lowest BCUT2D eigenvalue weighted by Crippen LogP contribution is -2.37. The maximum Gasteiger partial charge on any atom is 0.318 e. The molecule has 6 N–H and O–H groups in total. The standard InChI is InChI=1S/C41H48N4O6/c1-8-11-20(4)14-15-51-34(47)13-12-26-22(6)29-16-28-21(5)24(9-2)31(42-28)18-33-27(19-46)25(10-3)32(43-33)17-30-23(7)35-39(45-30)36(38(26)44-29)37(40(35)48)41(49)50/h9,14,16-19,22,26,37-38,42-46H,2,8,10-13,15H2,1,3-7H3,(H,49,50)/b20-14+,27-19-,29-16+,30-17-,33-18-/t22-,26-,37+,38?/m0/s1. The van der Waals surface area contributed by atoms with E-state index in [1.54, 1.807) is 6.08 Å². The first-order valence-electron chi connectivity index (χ1n) is 17.9. The zero-order valence-corrected chi connectivity index (χ0v) is 30.3. The summed E-state index contributed by atoms with van der Waals surface area (Å²) in [6.07, 6.45) is 13.9. The molecule has 10 nitrogen and oxygen atoms in total. The summed E-state index contributed by atoms with van der Waals surface area (Å²) in [4.78, 5) is 50.4. The van der Waals surface area contributed by atoms with Crippen molar-refractivity contribution in [3.63, 3.8) is 0 Å². The molecule has 1 fully saturated rings. The number of H-pyrrole nitrogens is 3. The number of allylic oxidation sites excluding steroid dienone is 2. The first-order valence-corrected chi connectivity index (χ1v) is 17.9. The number of aromatic amines is 3. The molecule has 6 rings (SSSR count). The van der Waals surface area contributed by atoms with Gasteiger partial charge in [-0.3, -0.25) is 14.4 Å². The lowest BCUT2D eigenvalue weighted by molar-refractivity contribution is -0.143. The number of fused-ring (bicyclic) bond motifs is 8. The van der Waals surface area contributed by atoms with E-state index in [1.807, 2.05) is 52.0 Å². The van der Waals surface area contributed by atoms with Crippen molar-refractivity contribution >= 4 is 53.9 Å². The van der Waals surface area contributed by atoms with E-state index in [1.165, 1.54) is 5.57 Å². The van der Waals surface area contributed by atoms with Crippen molar-refractivity contribution in [2.75, 3.05) is 6.61 Å². The molecular weight excluding hydrogens is 644 g/mol. The van der Waals surface area contributed by atoms with Crippen LogP contribution in [0.15, 0.2) is 23.9 Å². The molecule has 1 saturated heterocycles. The van der Waals surface area contributed by atoms with E-state index in [9.17, 15) is 24.6 Å². The Hall–Kier alpha value is -5.25. The Kier molecular flexibility index (Phi) is 9.88. The number of aromatic nitrogens is 3. The summed E-state index contributed by atoms with van der Waals surface area (Å²) >= 11 is 0. The first-order chi connectivity index (χ1) is 24.4. The number of rotatable bonds is 10. The summed E-state index contributed by atoms with van der Waals surface area (Å²) in [5.74, 6) is -3.70. The second kappa shape index (κ2) is 14.2. The minimum absolute atomic E-state index is 0.121. The van der Waals surface area contributed by atoms with Crippen LogP contribution >= 0.6 is 0 Å². The van der Waals surface area contributed by atoms with Gasteiger partial charge < -0.3 is 35.2 Å². The number of carbonyl (C=O) groups is 3. The van der Waals surface area contributed by atoms with Crippen LogP contribution in [-0.2, 0) is 20.7 Å². The van der Waals surface area contributed by atoms with Crippen LogP contribution in [0.3, 0.4) is 0 Å². The van der Waals surface area contributed by atoms with Gasteiger partial charge in [0, 0.05) is 56.8 Å². The van der Waals surface area contributed by atoms with Gasteiger partial charge in [0.2, 0.25) is 0 Å². The Morgan fingerprint density at radius 3 is 2.41 bits per heavy atom. The van der Waals surface area contributed by atoms with Gasteiger partial charge in [-0.05, 0) is 92.5 Å². The minimum atomic E-state index is -1.37. The topological polar surface area (TPSA) is 160 Å². The molecule has 0 radical (unpaired) electrons. The van der Waals surface area contributed by atoms with E-state index >= 15 is 0 Å². The predicted molar refractivity (Wildman–Crippen MR) is 199 cm³/mol. The highest BCUT2D eigenvalue weighted by molar-refractivity contribution is 6.19. The van der Waals surface area contributed by atoms with Crippen LogP contribution in [0.25, 0.3) is 36.1 Å². The molecule has 2 aliphatic heterocycles. The second-order valence-corrected chi connectivity index (χ2v) is 14.0. The second-order valence-electron chi connectivity index (χ2n) is 14.0. The summed E-state index contributed by atoms with van der Waals surface area (Å²) in [6.45, 7) is 16.3. The Morgan fingerprint density at radius 1 is 1.00 bits per heavy atom. The number of aliphatic carboxylic acids is 1. The number of nitrogens with one attached hydrogen (secondary N) is 4. The van der Waals surface area contributed by atoms with E-state index in [0.29, 0.717) is 50.8 Å². The largest absolute Gasteiger partial charge is 0.515 e. The van der Waals surface area contributed by atoms with Gasteiger partial charge in [0.25, 0.3) is 0 Å². The number of carboxylic acid groups (broad SMARTS) is 1. The van der Waals surface area contributed by atoms with Crippen molar-refractivity contribution in [1.82, 2.24) is 20.3 Å². The van der Waals surface area contributed by atoms with Crippen molar-refractivity contribution in [3.05, 3.63) is 90.1 Å². The molecule has 3 aliphatic rings. The summed E-state index contributed by atoms with van der Waals surface area (Å²) < 4.78 is 5.57. The van der Waals surface area contributed by atoms with Crippen molar-refractivity contribution in [1.29, 1.82) is 0 Å². The zero-order valence-electron chi connectivity index (χ0n) is 30.3. The Morgan fingerprint density at radius 2 is 1.75 bits per heavy atom. The van der Waals surface area contributed by atoms with E-state index in [4.69, 9.17) is 4.74 Å². The molecule has 1 unspecified atom stereocenters. The van der Waals surface area contributed by atoms with Gasteiger partial charge in [-0.15, -0.1) is 0 Å². The van der Waals surface area contributed by atoms with Crippen molar-refractivity contribution in [2.45, 2.75) is 79.7 Å². The number of hydrogen-bond acceptors (Lipinski definition) is 6. The normalized spacial score (nSPS) is 23.6. The van der Waals surface area contributed by atoms with Gasteiger partial charge in [0.1, 0.15) is 12.5 Å². The Bertz CT molecular complexity index is 2260. The first kappa shape index (κ1) is 35.6. The quantitative estimate of drug-likeness (QED) is 0.106. The number of aliphatic hydroxyl groups is 1. The number of ether oxygens (including phenoxy) is 1. The molecule has 8 bridgehead atoms. The fourth-order valence-electron chi connectivity index (χ4n) is 8.24. The Labute approximate surface area is 297 Å². The number of aliphatic hydroxyl groups excluding tert-OH is 1. The van der Waals surface area contributed by atoms with Crippen molar-refractivity contribution in [3.8, 4) is 0 Å². The van der Waals surface area contributed by atoms with Gasteiger partial charge in [0.15, 0.2) is 5.78 Å². The lowest BCUT2D eigenvalue weighted by atomic mass is 9.80. The minimum Gasteiger partial charge on any atom is -0.515 e. The predicted octanol–water partition coefficient (Wildman–Crippen LogP) is 4.14. The summed E-state index contributed by atoms with van der Waals surface area (Å²) in [7, 11) is 0. The van der Waals surface area contributed by atoms with Gasteiger partial charge >= 0.3 is 11.9 Å². The SMILES string of the molecule is C=Cc1c2[nH]c(c1C)/C=C1/NC(C3=c4[nH]/c(c(C)c4C(=O)[C@@H]3C(=O)O)=C\c3[nH]c(/c(=C\O)c3CC)=C\2)[C@@H](CCC(=O)OC/C=C(\C)CCC)[C@@H]1C. The molecule has 0 amide bonds. The summed E-state index contributed by atoms with van der Waals surface area (Å²) in [5, 5.41) is 27.1. The molecule has 5 heterocycles. The fraction of sp³-hybridized carbons (Fsp3) is 0.390. The number of hydrogen-bond donors (Lipinski definition) is 6. The van der Waals surface area contributed by atoms with Crippen LogP contribution in [-0.4, -0.2) is 55.5 Å². The average molecular weight is 693 g/mol. The number of Topliss-reactive ketones (excluding diaryl/α,β-unsaturated/α-hetero) is 1. The van der Waals surface area contributed by atoms with Crippen molar-refractivity contribution in [2.24, 2.45) is 17.8 Å². The molecule has 3 aromatic heterocycles. The molecule has 0 spiro atoms. The van der Waals surface area contributed by atoms with Gasteiger partial charge in [0.05, 0.1) is 23.0 Å². The third-order valence-electron chi connectivity index (χ3n) is 11.0. The molecule has 0 aromatic carbocycles. The molecule has 0 saturated carbocycles. The smallest absolute Gasteiger partial charge is 0.318 e. The number of carbonyl (C=O) groups excluding carboxylic acids is 2. The third kappa shape index (κ3) is 6.21. The zero-order chi connectivity index (χ0) is 36.7. The molecule has 4 atom stereocenters. The highest BCUT2D eigenvalue weighted by Crippen LogP contribution is 2.42. The summed E-state index contributed by atoms with van der Waals surface area (Å²) in [5.41, 5.74) is 8.74. The molecule has 10 heteroatoms. The Balaban J connectivity index is 1.56. The van der Waals surface area contributed by atoms with Crippen LogP contribution in [0.1, 0.15) is 103 Å². The van der Waals surface area contributed by atoms with Gasteiger partial charge in [-0.2, -0.15) is 0 Å². The molecule has 51 heavy (non-hydrogen) atoms. The van der Waals surface area contributed by atoms with Gasteiger partial charge in [-0.1, -0.05) is 45.4 Å². The molecule has 268 valence electrons. The maximum absolute atomic E-state index is 14.0. The van der Waals surface area contributed by atoms with Crippen LogP contribution in [0.5, 0.6) is 0 Å². The molecule has 1 aliphatic carbocycles. The van der Waals surface area contributed by atoms with E-state index in [2.05, 4.69) is 40.7 Å². The average Bonchev–Trinajstić information content (AvgIpc) is 3.84. The molecular formula is C41H48N4O6. The van der Waals surface area contributed by atoms with Gasteiger partial charge in [-0.25, -0.2) is 0 Å². The molecule has 3 aromatic rings. The van der Waals surface area contributed by atoms with Crippen LogP contribution in [0, 0.1) is 31.6 Å². The van der Waals surface area contributed by atoms with Crippen LogP contribution < -0.4 is 26.6 Å². The number of esters is 1. The monoisotopic (exact) mass is 692 g/mol. The van der Waals surface area contributed by atoms with Crippen LogP contribution in [0.4, 0.5) is 0 Å². The van der Waals surface area contributed by atoms with Crippen molar-refractivity contribution < 1.29 is 29.3 Å². The highest BCUT2D eigenvalue weighted by Gasteiger charge is 2.49. The fourth-order valence-corrected chi connectivity index (χ4v) is 8.24. The maximum atomic E-state index is 14.0. The number of carboxylic acids is 1. The summed E-state index contributed by atoms with van der Waals surface area (Å²) in [6, 6.07) is -0.546. The van der Waals surface area contributed by atoms with E-state index < -0.39 is 23.7 Å². The third-order valence-corrected chi connectivity index (χ3v) is 11.0. The van der Waals surface area contributed by atoms with Crippen LogP contribution in [0.2, 0.25) is 0 Å².